The van der Waals surface area contributed by atoms with Crippen LogP contribution in [0, 0.1) is 0 Å². The normalized spacial score (nSPS) is 12.5. The van der Waals surface area contributed by atoms with Gasteiger partial charge in [0.25, 0.3) is 0 Å². The number of carbonyl (C=O) groups excluding carboxylic acids is 1. The van der Waals surface area contributed by atoms with Gasteiger partial charge in [0.15, 0.2) is 0 Å². The third kappa shape index (κ3) is 5.07. The number of hydrogen-bond acceptors (Lipinski definition) is 2. The summed E-state index contributed by atoms with van der Waals surface area (Å²) in [6.07, 6.45) is 2.61. The van der Waals surface area contributed by atoms with Crippen LogP contribution in [-0.2, 0) is 11.2 Å². The lowest BCUT2D eigenvalue weighted by atomic mass is 10.0. The van der Waals surface area contributed by atoms with Crippen molar-refractivity contribution in [2.24, 2.45) is 5.73 Å². The van der Waals surface area contributed by atoms with Gasteiger partial charge in [-0.15, -0.1) is 0 Å². The van der Waals surface area contributed by atoms with Gasteiger partial charge < -0.3 is 5.73 Å². The van der Waals surface area contributed by atoms with E-state index in [-0.39, 0.29) is 11.8 Å². The first kappa shape index (κ1) is 14.5. The molecular formula is C13H17Cl2NO. The lowest BCUT2D eigenvalue weighted by molar-refractivity contribution is -0.118. The SMILES string of the molecule is CCCC(N)CC(=O)Cc1ccc(Cl)cc1Cl. The minimum Gasteiger partial charge on any atom is -0.327 e. The number of ketones is 1. The number of Topliss-reactive ketones (excluding diaryl/α,β-unsaturated/α-hetero) is 1. The topological polar surface area (TPSA) is 43.1 Å². The monoisotopic (exact) mass is 273 g/mol. The number of carbonyl (C=O) groups is 1. The fourth-order valence-electron chi connectivity index (χ4n) is 1.71. The second-order valence-corrected chi connectivity index (χ2v) is 5.05. The molecule has 0 heterocycles. The molecule has 0 aliphatic rings. The molecule has 1 rings (SSSR count). The molecule has 0 aliphatic heterocycles. The average molecular weight is 274 g/mol. The van der Waals surface area contributed by atoms with E-state index in [9.17, 15) is 4.79 Å². The van der Waals surface area contributed by atoms with E-state index in [2.05, 4.69) is 6.92 Å². The van der Waals surface area contributed by atoms with Gasteiger partial charge in [0.1, 0.15) is 5.78 Å². The molecule has 0 fully saturated rings. The van der Waals surface area contributed by atoms with Gasteiger partial charge in [0.05, 0.1) is 0 Å². The third-order valence-corrected chi connectivity index (χ3v) is 3.14. The van der Waals surface area contributed by atoms with Crippen molar-refractivity contribution in [3.63, 3.8) is 0 Å². The summed E-state index contributed by atoms with van der Waals surface area (Å²) in [5.74, 6) is 0.121. The summed E-state index contributed by atoms with van der Waals surface area (Å²) in [4.78, 5) is 11.8. The predicted molar refractivity (Wildman–Crippen MR) is 72.7 cm³/mol. The molecule has 4 heteroatoms. The van der Waals surface area contributed by atoms with Crippen molar-refractivity contribution in [2.45, 2.75) is 38.6 Å². The minimum absolute atomic E-state index is 0.0430. The first-order valence-corrected chi connectivity index (χ1v) is 6.49. The molecule has 17 heavy (non-hydrogen) atoms. The minimum atomic E-state index is -0.0430. The highest BCUT2D eigenvalue weighted by Crippen LogP contribution is 2.21. The fourth-order valence-corrected chi connectivity index (χ4v) is 2.19. The fraction of sp³-hybridized carbons (Fsp3) is 0.462. The molecule has 0 aliphatic carbocycles. The smallest absolute Gasteiger partial charge is 0.138 e. The molecule has 1 aromatic carbocycles. The van der Waals surface area contributed by atoms with E-state index in [0.717, 1.165) is 18.4 Å². The van der Waals surface area contributed by atoms with Crippen molar-refractivity contribution < 1.29 is 4.79 Å². The van der Waals surface area contributed by atoms with E-state index >= 15 is 0 Å². The largest absolute Gasteiger partial charge is 0.327 e. The summed E-state index contributed by atoms with van der Waals surface area (Å²) in [6.45, 7) is 2.06. The van der Waals surface area contributed by atoms with E-state index in [4.69, 9.17) is 28.9 Å². The molecule has 1 atom stereocenters. The average Bonchev–Trinajstić information content (AvgIpc) is 2.22. The molecule has 0 saturated carbocycles. The second-order valence-electron chi connectivity index (χ2n) is 4.20. The summed E-state index contributed by atoms with van der Waals surface area (Å²) >= 11 is 11.8. The van der Waals surface area contributed by atoms with Crippen LogP contribution in [0.4, 0.5) is 0 Å². The molecule has 0 aromatic heterocycles. The van der Waals surface area contributed by atoms with E-state index in [1.54, 1.807) is 18.2 Å². The quantitative estimate of drug-likeness (QED) is 0.860. The van der Waals surface area contributed by atoms with Crippen LogP contribution in [0.15, 0.2) is 18.2 Å². The Morgan fingerprint density at radius 2 is 2.12 bits per heavy atom. The summed E-state index contributed by atoms with van der Waals surface area (Å²) < 4.78 is 0. The second kappa shape index (κ2) is 7.00. The Bertz CT molecular complexity index is 393. The highest BCUT2D eigenvalue weighted by Gasteiger charge is 2.11. The van der Waals surface area contributed by atoms with Crippen LogP contribution in [0.3, 0.4) is 0 Å². The summed E-state index contributed by atoms with van der Waals surface area (Å²) in [5, 5.41) is 1.11. The zero-order valence-corrected chi connectivity index (χ0v) is 11.4. The van der Waals surface area contributed by atoms with Gasteiger partial charge in [-0.25, -0.2) is 0 Å². The molecule has 0 radical (unpaired) electrons. The first-order valence-electron chi connectivity index (χ1n) is 5.74. The van der Waals surface area contributed by atoms with Crippen LogP contribution in [0.2, 0.25) is 10.0 Å². The van der Waals surface area contributed by atoms with Gasteiger partial charge in [0.2, 0.25) is 0 Å². The molecule has 0 bridgehead atoms. The molecule has 1 aromatic rings. The van der Waals surface area contributed by atoms with Crippen LogP contribution in [0.1, 0.15) is 31.7 Å². The van der Waals surface area contributed by atoms with Gasteiger partial charge >= 0.3 is 0 Å². The molecule has 94 valence electrons. The van der Waals surface area contributed by atoms with Gasteiger partial charge in [-0.2, -0.15) is 0 Å². The number of halogens is 2. The Balaban J connectivity index is 2.56. The Labute approximate surface area is 112 Å². The Morgan fingerprint density at radius 3 is 2.71 bits per heavy atom. The first-order chi connectivity index (χ1) is 8.02. The number of rotatable bonds is 6. The number of hydrogen-bond donors (Lipinski definition) is 1. The predicted octanol–water partition coefficient (Wildman–Crippen LogP) is 3.62. The Hall–Kier alpha value is -0.570. The lowest BCUT2D eigenvalue weighted by Gasteiger charge is -2.09. The van der Waals surface area contributed by atoms with Crippen molar-refractivity contribution in [2.75, 3.05) is 0 Å². The summed E-state index contributed by atoms with van der Waals surface area (Å²) in [5.41, 5.74) is 6.64. The van der Waals surface area contributed by atoms with E-state index in [1.165, 1.54) is 0 Å². The maximum Gasteiger partial charge on any atom is 0.138 e. The van der Waals surface area contributed by atoms with Crippen molar-refractivity contribution in [3.05, 3.63) is 33.8 Å². The van der Waals surface area contributed by atoms with E-state index < -0.39 is 0 Å². The van der Waals surface area contributed by atoms with Crippen molar-refractivity contribution in [1.29, 1.82) is 0 Å². The van der Waals surface area contributed by atoms with Gasteiger partial charge in [-0.3, -0.25) is 4.79 Å². The highest BCUT2D eigenvalue weighted by molar-refractivity contribution is 6.35. The number of nitrogens with two attached hydrogens (primary N) is 1. The lowest BCUT2D eigenvalue weighted by Crippen LogP contribution is -2.24. The van der Waals surface area contributed by atoms with Gasteiger partial charge in [0, 0.05) is 28.9 Å². The van der Waals surface area contributed by atoms with Crippen molar-refractivity contribution in [1.82, 2.24) is 0 Å². The highest BCUT2D eigenvalue weighted by atomic mass is 35.5. The zero-order chi connectivity index (χ0) is 12.8. The summed E-state index contributed by atoms with van der Waals surface area (Å²) in [6, 6.07) is 5.13. The van der Waals surface area contributed by atoms with Crippen LogP contribution in [-0.4, -0.2) is 11.8 Å². The Kier molecular flexibility index (Phi) is 5.96. The zero-order valence-electron chi connectivity index (χ0n) is 9.88. The van der Waals surface area contributed by atoms with E-state index in [1.807, 2.05) is 0 Å². The molecule has 0 saturated heterocycles. The molecular weight excluding hydrogens is 257 g/mol. The van der Waals surface area contributed by atoms with Crippen LogP contribution < -0.4 is 5.73 Å². The van der Waals surface area contributed by atoms with Crippen molar-refractivity contribution in [3.8, 4) is 0 Å². The summed E-state index contributed by atoms with van der Waals surface area (Å²) in [7, 11) is 0. The maximum absolute atomic E-state index is 11.8. The molecule has 2 N–H and O–H groups in total. The van der Waals surface area contributed by atoms with Crippen molar-refractivity contribution >= 4 is 29.0 Å². The van der Waals surface area contributed by atoms with Crippen LogP contribution in [0.25, 0.3) is 0 Å². The number of benzene rings is 1. The van der Waals surface area contributed by atoms with Gasteiger partial charge in [-0.1, -0.05) is 42.6 Å². The van der Waals surface area contributed by atoms with Crippen LogP contribution >= 0.6 is 23.2 Å². The Morgan fingerprint density at radius 1 is 1.41 bits per heavy atom. The molecule has 0 spiro atoms. The third-order valence-electron chi connectivity index (χ3n) is 2.55. The van der Waals surface area contributed by atoms with Crippen LogP contribution in [0.5, 0.6) is 0 Å². The maximum atomic E-state index is 11.8. The standard InChI is InChI=1S/C13H17Cl2NO/c1-2-3-11(16)8-12(17)6-9-4-5-10(14)7-13(9)15/h4-5,7,11H,2-3,6,8,16H2,1H3. The molecule has 2 nitrogen and oxygen atoms in total. The van der Waals surface area contributed by atoms with Gasteiger partial charge in [-0.05, 0) is 24.1 Å². The van der Waals surface area contributed by atoms with E-state index in [0.29, 0.717) is 22.9 Å². The molecule has 1 unspecified atom stereocenters. The molecule has 0 amide bonds.